The van der Waals surface area contributed by atoms with E-state index in [4.69, 9.17) is 0 Å². The lowest BCUT2D eigenvalue weighted by molar-refractivity contribution is -0.132. The molecule has 2 aromatic rings. The molecular formula is C19H21F2N3O2S. The van der Waals surface area contributed by atoms with E-state index in [1.165, 1.54) is 23.9 Å². The minimum Gasteiger partial charge on any atom is -0.335 e. The van der Waals surface area contributed by atoms with Crippen LogP contribution in [0.2, 0.25) is 0 Å². The molecule has 1 aromatic heterocycles. The van der Waals surface area contributed by atoms with Gasteiger partial charge in [0.25, 0.3) is 5.56 Å². The highest BCUT2D eigenvalue weighted by molar-refractivity contribution is 7.98. The maximum atomic E-state index is 14.0. The monoisotopic (exact) mass is 393 g/mol. The Morgan fingerprint density at radius 2 is 2.11 bits per heavy atom. The molecule has 0 unspecified atom stereocenters. The van der Waals surface area contributed by atoms with Crippen molar-refractivity contribution in [2.45, 2.75) is 50.4 Å². The van der Waals surface area contributed by atoms with Gasteiger partial charge in [0, 0.05) is 41.9 Å². The number of nitrogens with zero attached hydrogens (tertiary/aromatic N) is 2. The van der Waals surface area contributed by atoms with Gasteiger partial charge in [0.1, 0.15) is 11.6 Å². The molecule has 5 nitrogen and oxygen atoms in total. The minimum atomic E-state index is -0.655. The lowest BCUT2D eigenvalue weighted by Crippen LogP contribution is -2.33. The van der Waals surface area contributed by atoms with E-state index < -0.39 is 11.6 Å². The molecule has 0 bridgehead atoms. The Kier molecular flexibility index (Phi) is 5.94. The molecule has 1 aliphatic carbocycles. The van der Waals surface area contributed by atoms with E-state index in [0.29, 0.717) is 16.4 Å². The number of thioether (sulfide) groups is 1. The van der Waals surface area contributed by atoms with E-state index in [1.807, 2.05) is 6.26 Å². The van der Waals surface area contributed by atoms with Crippen LogP contribution in [0, 0.1) is 18.6 Å². The molecule has 0 saturated heterocycles. The molecule has 0 atom stereocenters. The molecule has 1 N–H and O–H groups in total. The second kappa shape index (κ2) is 8.21. The number of hydrogen-bond donors (Lipinski definition) is 1. The molecule has 1 aliphatic rings. The number of amides is 1. The fraction of sp³-hybridized carbons (Fsp3) is 0.421. The van der Waals surface area contributed by atoms with Crippen LogP contribution < -0.4 is 5.56 Å². The van der Waals surface area contributed by atoms with Crippen LogP contribution >= 0.6 is 11.8 Å². The van der Waals surface area contributed by atoms with Crippen LogP contribution in [0.1, 0.15) is 36.1 Å². The van der Waals surface area contributed by atoms with Crippen LogP contribution in [0.15, 0.2) is 28.2 Å². The third kappa shape index (κ3) is 4.74. The van der Waals surface area contributed by atoms with Crippen molar-refractivity contribution in [3.63, 3.8) is 0 Å². The van der Waals surface area contributed by atoms with Crippen LogP contribution in [-0.4, -0.2) is 33.1 Å². The van der Waals surface area contributed by atoms with Gasteiger partial charge in [-0.25, -0.2) is 13.8 Å². The number of hydrogen-bond acceptors (Lipinski definition) is 4. The molecule has 8 heteroatoms. The SMILES string of the molecule is CSc1nc(C)c(CCC(=O)N(Cc2ccc(F)cc2F)C2CC2)c(=O)[nH]1. The Hall–Kier alpha value is -2.22. The molecule has 0 spiro atoms. The number of aromatic amines is 1. The van der Waals surface area contributed by atoms with Gasteiger partial charge in [-0.15, -0.1) is 0 Å². The van der Waals surface area contributed by atoms with E-state index in [0.717, 1.165) is 18.9 Å². The molecule has 1 amide bonds. The summed E-state index contributed by atoms with van der Waals surface area (Å²) in [6.07, 6.45) is 3.99. The predicted octanol–water partition coefficient (Wildman–Crippen LogP) is 3.20. The number of H-pyrrole nitrogens is 1. The van der Waals surface area contributed by atoms with Crippen molar-refractivity contribution in [2.75, 3.05) is 6.26 Å². The number of carbonyl (C=O) groups is 1. The second-order valence-corrected chi connectivity index (χ2v) is 7.42. The minimum absolute atomic E-state index is 0.0818. The van der Waals surface area contributed by atoms with Gasteiger partial charge >= 0.3 is 0 Å². The first kappa shape index (κ1) is 19.5. The molecular weight excluding hydrogens is 372 g/mol. The van der Waals surface area contributed by atoms with Crippen molar-refractivity contribution >= 4 is 17.7 Å². The normalized spacial score (nSPS) is 13.6. The number of halogens is 2. The van der Waals surface area contributed by atoms with Crippen LogP contribution in [-0.2, 0) is 17.8 Å². The Bertz CT molecular complexity index is 912. The number of nitrogens with one attached hydrogen (secondary N) is 1. The van der Waals surface area contributed by atoms with Gasteiger partial charge in [-0.05, 0) is 38.5 Å². The van der Waals surface area contributed by atoms with Crippen molar-refractivity contribution in [1.82, 2.24) is 14.9 Å². The van der Waals surface area contributed by atoms with Crippen LogP contribution in [0.4, 0.5) is 8.78 Å². The highest BCUT2D eigenvalue weighted by Gasteiger charge is 2.33. The smallest absolute Gasteiger partial charge is 0.254 e. The summed E-state index contributed by atoms with van der Waals surface area (Å²) >= 11 is 1.35. The van der Waals surface area contributed by atoms with Gasteiger partial charge in [0.15, 0.2) is 5.16 Å². The van der Waals surface area contributed by atoms with E-state index in [-0.39, 0.29) is 42.5 Å². The molecule has 0 radical (unpaired) electrons. The van der Waals surface area contributed by atoms with E-state index in [1.54, 1.807) is 11.8 Å². The average Bonchev–Trinajstić information content (AvgIpc) is 3.44. The van der Waals surface area contributed by atoms with Crippen molar-refractivity contribution in [2.24, 2.45) is 0 Å². The van der Waals surface area contributed by atoms with Crippen molar-refractivity contribution in [3.05, 3.63) is 57.0 Å². The Labute approximate surface area is 160 Å². The van der Waals surface area contributed by atoms with Gasteiger partial charge in [0.05, 0.1) is 0 Å². The topological polar surface area (TPSA) is 66.1 Å². The average molecular weight is 393 g/mol. The molecule has 1 heterocycles. The quantitative estimate of drug-likeness (QED) is 0.580. The van der Waals surface area contributed by atoms with Crippen molar-refractivity contribution in [3.8, 4) is 0 Å². The summed E-state index contributed by atoms with van der Waals surface area (Å²) in [7, 11) is 0. The molecule has 1 fully saturated rings. The molecule has 144 valence electrons. The lowest BCUT2D eigenvalue weighted by Gasteiger charge is -2.23. The first-order valence-electron chi connectivity index (χ1n) is 8.76. The van der Waals surface area contributed by atoms with Crippen LogP contribution in [0.5, 0.6) is 0 Å². The van der Waals surface area contributed by atoms with Gasteiger partial charge in [-0.3, -0.25) is 9.59 Å². The highest BCUT2D eigenvalue weighted by Crippen LogP contribution is 2.29. The van der Waals surface area contributed by atoms with Crippen molar-refractivity contribution < 1.29 is 13.6 Å². The fourth-order valence-corrected chi connectivity index (χ4v) is 3.41. The first-order valence-corrected chi connectivity index (χ1v) is 9.98. The zero-order chi connectivity index (χ0) is 19.6. The number of aromatic nitrogens is 2. The second-order valence-electron chi connectivity index (χ2n) is 6.63. The summed E-state index contributed by atoms with van der Waals surface area (Å²) in [4.78, 5) is 33.5. The maximum absolute atomic E-state index is 14.0. The molecule has 3 rings (SSSR count). The standard InChI is InChI=1S/C19H21F2N3O2S/c1-11-15(18(26)23-19(22-11)27-2)7-8-17(25)24(14-5-6-14)10-12-3-4-13(20)9-16(12)21/h3-4,9,14H,5-8,10H2,1-2H3,(H,22,23,26). The van der Waals surface area contributed by atoms with E-state index in [9.17, 15) is 18.4 Å². The van der Waals surface area contributed by atoms with Gasteiger partial charge < -0.3 is 9.88 Å². The zero-order valence-corrected chi connectivity index (χ0v) is 16.0. The first-order chi connectivity index (χ1) is 12.9. The van der Waals surface area contributed by atoms with Crippen molar-refractivity contribution in [1.29, 1.82) is 0 Å². The molecule has 27 heavy (non-hydrogen) atoms. The number of benzene rings is 1. The number of aryl methyl sites for hydroxylation is 1. The molecule has 0 aliphatic heterocycles. The van der Waals surface area contributed by atoms with Crippen LogP contribution in [0.25, 0.3) is 0 Å². The number of carbonyl (C=O) groups excluding carboxylic acids is 1. The van der Waals surface area contributed by atoms with E-state index in [2.05, 4.69) is 9.97 Å². The number of rotatable bonds is 7. The summed E-state index contributed by atoms with van der Waals surface area (Å²) in [5.74, 6) is -1.44. The van der Waals surface area contributed by atoms with Gasteiger partial charge in [-0.2, -0.15) is 0 Å². The molecule has 1 saturated carbocycles. The van der Waals surface area contributed by atoms with E-state index >= 15 is 0 Å². The summed E-state index contributed by atoms with van der Waals surface area (Å²) in [6, 6.07) is 3.47. The predicted molar refractivity (Wildman–Crippen MR) is 99.6 cm³/mol. The third-order valence-electron chi connectivity index (χ3n) is 4.65. The van der Waals surface area contributed by atoms with Gasteiger partial charge in [-0.1, -0.05) is 17.8 Å². The maximum Gasteiger partial charge on any atom is 0.254 e. The fourth-order valence-electron chi connectivity index (χ4n) is 2.99. The summed E-state index contributed by atoms with van der Waals surface area (Å²) in [5.41, 5.74) is 1.15. The Morgan fingerprint density at radius 1 is 1.37 bits per heavy atom. The third-order valence-corrected chi connectivity index (χ3v) is 5.23. The van der Waals surface area contributed by atoms with Gasteiger partial charge in [0.2, 0.25) is 5.91 Å². The highest BCUT2D eigenvalue weighted by atomic mass is 32.2. The summed E-state index contributed by atoms with van der Waals surface area (Å²) in [5, 5.41) is 0.541. The zero-order valence-electron chi connectivity index (χ0n) is 15.2. The largest absolute Gasteiger partial charge is 0.335 e. The summed E-state index contributed by atoms with van der Waals surface area (Å²) < 4.78 is 27.0. The molecule has 1 aromatic carbocycles. The lowest BCUT2D eigenvalue weighted by atomic mass is 10.1. The summed E-state index contributed by atoms with van der Waals surface area (Å²) in [6.45, 7) is 1.86. The Balaban J connectivity index is 1.71. The van der Waals surface area contributed by atoms with Crippen LogP contribution in [0.3, 0.4) is 0 Å². The Morgan fingerprint density at radius 3 is 2.70 bits per heavy atom.